The van der Waals surface area contributed by atoms with E-state index in [1.807, 2.05) is 0 Å². The normalized spacial score (nSPS) is 10.5. The van der Waals surface area contributed by atoms with E-state index in [2.05, 4.69) is 9.47 Å². The van der Waals surface area contributed by atoms with E-state index in [-0.39, 0.29) is 0 Å². The second-order valence-corrected chi connectivity index (χ2v) is 1.49. The van der Waals surface area contributed by atoms with Crippen LogP contribution in [0.1, 0.15) is 0 Å². The number of esters is 1. The molecule has 11 heavy (non-hydrogen) atoms. The number of nitro groups is 1. The van der Waals surface area contributed by atoms with Gasteiger partial charge in [0.1, 0.15) is 0 Å². The molecule has 0 aliphatic heterocycles. The Balaban J connectivity index is 4.48. The highest BCUT2D eigenvalue weighted by atomic mass is 16.6. The molecule has 0 unspecified atom stereocenters. The average molecular weight is 161 g/mol. The van der Waals surface area contributed by atoms with Gasteiger partial charge in [-0.15, -0.1) is 0 Å². The van der Waals surface area contributed by atoms with E-state index < -0.39 is 16.6 Å². The number of carbonyl (C=O) groups excluding carboxylic acids is 1. The first-order valence-electron chi connectivity index (χ1n) is 2.59. The van der Waals surface area contributed by atoms with Gasteiger partial charge in [-0.25, -0.2) is 4.79 Å². The maximum atomic E-state index is 10.5. The maximum absolute atomic E-state index is 10.5. The summed E-state index contributed by atoms with van der Waals surface area (Å²) in [6.45, 7) is 0. The minimum atomic E-state index is -1.03. The highest BCUT2D eigenvalue weighted by Gasteiger charge is 2.22. The monoisotopic (exact) mass is 161 g/mol. The van der Waals surface area contributed by atoms with Gasteiger partial charge in [0.2, 0.25) is 0 Å². The molecule has 0 rings (SSSR count). The summed E-state index contributed by atoms with van der Waals surface area (Å²) in [7, 11) is 2.25. The molecular weight excluding hydrogens is 154 g/mol. The van der Waals surface area contributed by atoms with Gasteiger partial charge in [0.25, 0.3) is 0 Å². The van der Waals surface area contributed by atoms with Gasteiger partial charge in [0.05, 0.1) is 19.1 Å². The maximum Gasteiger partial charge on any atom is 0.413 e. The van der Waals surface area contributed by atoms with E-state index in [0.717, 1.165) is 7.11 Å². The second-order valence-electron chi connectivity index (χ2n) is 1.49. The number of hydrogen-bond acceptors (Lipinski definition) is 5. The molecule has 0 radical (unpaired) electrons. The molecule has 0 bridgehead atoms. The standard InChI is InChI=1S/C5H7NO5/c1-10-3-4(6(8)9)5(7)11-2/h3H,1-2H3. The average Bonchev–Trinajstić information content (AvgIpc) is 1.98. The number of nitrogens with zero attached hydrogens (tertiary/aromatic N) is 1. The molecule has 0 saturated carbocycles. The minimum Gasteiger partial charge on any atom is -0.497 e. The lowest BCUT2D eigenvalue weighted by molar-refractivity contribution is -0.422. The second kappa shape index (κ2) is 4.26. The molecule has 0 aliphatic carbocycles. The van der Waals surface area contributed by atoms with Crippen molar-refractivity contribution >= 4 is 5.97 Å². The first kappa shape index (κ1) is 9.41. The Morgan fingerprint density at radius 1 is 1.55 bits per heavy atom. The summed E-state index contributed by atoms with van der Waals surface area (Å²) in [5.74, 6) is -1.03. The summed E-state index contributed by atoms with van der Waals surface area (Å²) in [5.41, 5.74) is -0.727. The molecule has 0 atom stereocenters. The lowest BCUT2D eigenvalue weighted by Crippen LogP contribution is -2.13. The van der Waals surface area contributed by atoms with Crippen LogP contribution in [0.3, 0.4) is 0 Å². The van der Waals surface area contributed by atoms with Crippen LogP contribution in [-0.2, 0) is 14.3 Å². The third kappa shape index (κ3) is 2.65. The van der Waals surface area contributed by atoms with E-state index >= 15 is 0 Å². The topological polar surface area (TPSA) is 78.7 Å². The van der Waals surface area contributed by atoms with Crippen molar-refractivity contribution in [2.45, 2.75) is 0 Å². The number of methoxy groups -OCH3 is 2. The quantitative estimate of drug-likeness (QED) is 0.190. The smallest absolute Gasteiger partial charge is 0.413 e. The highest BCUT2D eigenvalue weighted by Crippen LogP contribution is 1.97. The number of rotatable bonds is 3. The third-order valence-corrected chi connectivity index (χ3v) is 0.821. The Labute approximate surface area is 62.6 Å². The van der Waals surface area contributed by atoms with E-state index in [1.165, 1.54) is 7.11 Å². The van der Waals surface area contributed by atoms with Crippen molar-refractivity contribution in [1.82, 2.24) is 0 Å². The van der Waals surface area contributed by atoms with Gasteiger partial charge in [-0.1, -0.05) is 0 Å². The molecule has 6 nitrogen and oxygen atoms in total. The third-order valence-electron chi connectivity index (χ3n) is 0.821. The Morgan fingerprint density at radius 2 is 2.09 bits per heavy atom. The fourth-order valence-corrected chi connectivity index (χ4v) is 0.382. The fraction of sp³-hybridized carbons (Fsp3) is 0.400. The molecule has 6 heteroatoms. The van der Waals surface area contributed by atoms with E-state index in [9.17, 15) is 14.9 Å². The largest absolute Gasteiger partial charge is 0.497 e. The molecule has 0 fully saturated rings. The lowest BCUT2D eigenvalue weighted by Gasteiger charge is -1.94. The number of hydrogen-bond donors (Lipinski definition) is 0. The molecular formula is C5H7NO5. The molecule has 0 aromatic rings. The van der Waals surface area contributed by atoms with Crippen LogP contribution in [0.2, 0.25) is 0 Å². The number of ether oxygens (including phenoxy) is 2. The predicted octanol–water partition coefficient (Wildman–Crippen LogP) is -0.0761. The van der Waals surface area contributed by atoms with Crippen LogP contribution in [0.15, 0.2) is 12.0 Å². The Kier molecular flexibility index (Phi) is 3.65. The summed E-state index contributed by atoms with van der Waals surface area (Å²) in [6.07, 6.45) is 0.714. The molecule has 0 N–H and O–H groups in total. The zero-order chi connectivity index (χ0) is 8.85. The summed E-state index contributed by atoms with van der Waals surface area (Å²) in [5, 5.41) is 10.0. The highest BCUT2D eigenvalue weighted by molar-refractivity contribution is 5.85. The fourth-order valence-electron chi connectivity index (χ4n) is 0.382. The van der Waals surface area contributed by atoms with Crippen molar-refractivity contribution in [2.24, 2.45) is 0 Å². The molecule has 0 heterocycles. The van der Waals surface area contributed by atoms with Gasteiger partial charge < -0.3 is 9.47 Å². The molecule has 0 amide bonds. The van der Waals surface area contributed by atoms with Crippen molar-refractivity contribution in [3.8, 4) is 0 Å². The van der Waals surface area contributed by atoms with Crippen molar-refractivity contribution in [3.05, 3.63) is 22.1 Å². The summed E-state index contributed by atoms with van der Waals surface area (Å²) in [4.78, 5) is 19.7. The van der Waals surface area contributed by atoms with Crippen LogP contribution in [0.4, 0.5) is 0 Å². The Hall–Kier alpha value is -1.59. The molecule has 0 aromatic heterocycles. The van der Waals surface area contributed by atoms with Crippen LogP contribution in [0.5, 0.6) is 0 Å². The van der Waals surface area contributed by atoms with Gasteiger partial charge in [-0.05, 0) is 0 Å². The predicted molar refractivity (Wildman–Crippen MR) is 34.1 cm³/mol. The summed E-state index contributed by atoms with van der Waals surface area (Å²) < 4.78 is 8.38. The van der Waals surface area contributed by atoms with Crippen molar-refractivity contribution in [2.75, 3.05) is 14.2 Å². The zero-order valence-electron chi connectivity index (χ0n) is 6.07. The Bertz CT molecular complexity index is 197. The molecule has 0 saturated heterocycles. The number of carbonyl (C=O) groups is 1. The first-order valence-corrected chi connectivity index (χ1v) is 2.59. The van der Waals surface area contributed by atoms with Gasteiger partial charge in [0, 0.05) is 0 Å². The molecule has 0 aromatic carbocycles. The van der Waals surface area contributed by atoms with E-state index in [4.69, 9.17) is 0 Å². The van der Waals surface area contributed by atoms with Gasteiger partial charge in [0.15, 0.2) is 6.26 Å². The summed E-state index contributed by atoms with van der Waals surface area (Å²) in [6, 6.07) is 0. The molecule has 0 spiro atoms. The van der Waals surface area contributed by atoms with E-state index in [1.54, 1.807) is 0 Å². The van der Waals surface area contributed by atoms with Crippen LogP contribution < -0.4 is 0 Å². The summed E-state index contributed by atoms with van der Waals surface area (Å²) >= 11 is 0. The van der Waals surface area contributed by atoms with Crippen LogP contribution in [0.25, 0.3) is 0 Å². The lowest BCUT2D eigenvalue weighted by atomic mass is 10.5. The first-order chi connectivity index (χ1) is 5.13. The molecule has 0 aliphatic rings. The van der Waals surface area contributed by atoms with Crippen LogP contribution >= 0.6 is 0 Å². The van der Waals surface area contributed by atoms with Gasteiger partial charge in [-0.2, -0.15) is 0 Å². The van der Waals surface area contributed by atoms with Crippen molar-refractivity contribution < 1.29 is 19.2 Å². The zero-order valence-corrected chi connectivity index (χ0v) is 6.07. The SMILES string of the molecule is COC=C(C(=O)OC)[N+](=O)[O-]. The minimum absolute atomic E-state index is 0.714. The van der Waals surface area contributed by atoms with Crippen molar-refractivity contribution in [3.63, 3.8) is 0 Å². The Morgan fingerprint density at radius 3 is 2.36 bits per heavy atom. The van der Waals surface area contributed by atoms with Gasteiger partial charge >= 0.3 is 11.7 Å². The molecule has 62 valence electrons. The van der Waals surface area contributed by atoms with E-state index in [0.29, 0.717) is 6.26 Å². The van der Waals surface area contributed by atoms with Crippen LogP contribution in [0, 0.1) is 10.1 Å². The van der Waals surface area contributed by atoms with Crippen LogP contribution in [-0.4, -0.2) is 25.1 Å². The van der Waals surface area contributed by atoms with Crippen molar-refractivity contribution in [1.29, 1.82) is 0 Å². The van der Waals surface area contributed by atoms with Gasteiger partial charge in [-0.3, -0.25) is 10.1 Å².